The highest BCUT2D eigenvalue weighted by molar-refractivity contribution is 5.65. The molecular weight excluding hydrogens is 324 g/mol. The van der Waals surface area contributed by atoms with Gasteiger partial charge in [0.1, 0.15) is 6.07 Å². The molecular formula is C20H22N6. The Hall–Kier alpha value is -2.91. The third-order valence-corrected chi connectivity index (χ3v) is 4.98. The first-order valence-electron chi connectivity index (χ1n) is 9.02. The summed E-state index contributed by atoms with van der Waals surface area (Å²) in [5.74, 6) is 0.939. The minimum atomic E-state index is 0.376. The Morgan fingerprint density at radius 3 is 3.00 bits per heavy atom. The van der Waals surface area contributed by atoms with Crippen LogP contribution in [0.5, 0.6) is 0 Å². The number of aromatic nitrogens is 3. The molecule has 0 bridgehead atoms. The summed E-state index contributed by atoms with van der Waals surface area (Å²) in [4.78, 5) is 2.29. The topological polar surface area (TPSA) is 69.2 Å². The van der Waals surface area contributed by atoms with E-state index in [9.17, 15) is 5.26 Å². The Kier molecular flexibility index (Phi) is 4.55. The summed E-state index contributed by atoms with van der Waals surface area (Å²) in [5, 5.41) is 21.7. The fourth-order valence-electron chi connectivity index (χ4n) is 3.61. The first kappa shape index (κ1) is 16.6. The van der Waals surface area contributed by atoms with E-state index < -0.39 is 0 Å². The highest BCUT2D eigenvalue weighted by Crippen LogP contribution is 2.20. The Morgan fingerprint density at radius 2 is 2.19 bits per heavy atom. The van der Waals surface area contributed by atoms with E-state index in [1.807, 2.05) is 54.0 Å². The zero-order valence-corrected chi connectivity index (χ0v) is 14.9. The summed E-state index contributed by atoms with van der Waals surface area (Å²) in [6.07, 6.45) is 6.28. The predicted molar refractivity (Wildman–Crippen MR) is 101 cm³/mol. The van der Waals surface area contributed by atoms with Gasteiger partial charge in [0.05, 0.1) is 16.8 Å². The monoisotopic (exact) mass is 346 g/mol. The van der Waals surface area contributed by atoms with Crippen molar-refractivity contribution >= 4 is 11.3 Å². The fraction of sp³-hybridized carbons (Fsp3) is 0.350. The number of hydrogen-bond acceptors (Lipinski definition) is 5. The van der Waals surface area contributed by atoms with Crippen LogP contribution < -0.4 is 10.2 Å². The smallest absolute Gasteiger partial charge is 0.151 e. The van der Waals surface area contributed by atoms with Gasteiger partial charge in [-0.2, -0.15) is 10.4 Å². The minimum Gasteiger partial charge on any atom is -0.354 e. The van der Waals surface area contributed by atoms with Gasteiger partial charge in [-0.15, -0.1) is 5.10 Å². The minimum absolute atomic E-state index is 0.376. The zero-order chi connectivity index (χ0) is 17.9. The van der Waals surface area contributed by atoms with Crippen molar-refractivity contribution in [2.24, 2.45) is 0 Å². The van der Waals surface area contributed by atoms with Gasteiger partial charge in [0, 0.05) is 43.6 Å². The maximum absolute atomic E-state index is 9.54. The van der Waals surface area contributed by atoms with Crippen LogP contribution in [0, 0.1) is 18.3 Å². The van der Waals surface area contributed by atoms with Crippen molar-refractivity contribution in [2.75, 3.05) is 18.0 Å². The highest BCUT2D eigenvalue weighted by Gasteiger charge is 2.21. The fourth-order valence-corrected chi connectivity index (χ4v) is 3.61. The van der Waals surface area contributed by atoms with Crippen LogP contribution in [-0.2, 0) is 6.54 Å². The molecule has 3 aromatic rings. The number of anilines is 1. The van der Waals surface area contributed by atoms with Crippen molar-refractivity contribution in [3.05, 3.63) is 59.5 Å². The number of nitriles is 1. The summed E-state index contributed by atoms with van der Waals surface area (Å²) in [6, 6.07) is 12.7. The van der Waals surface area contributed by atoms with Gasteiger partial charge in [0.2, 0.25) is 0 Å². The summed E-state index contributed by atoms with van der Waals surface area (Å²) in [5.41, 5.74) is 3.71. The summed E-state index contributed by atoms with van der Waals surface area (Å²) in [7, 11) is 0. The molecule has 1 atom stereocenters. The van der Waals surface area contributed by atoms with Gasteiger partial charge in [0.25, 0.3) is 0 Å². The van der Waals surface area contributed by atoms with Crippen molar-refractivity contribution in [3.63, 3.8) is 0 Å². The van der Waals surface area contributed by atoms with E-state index in [0.29, 0.717) is 12.6 Å². The van der Waals surface area contributed by atoms with E-state index in [1.165, 1.54) is 0 Å². The van der Waals surface area contributed by atoms with E-state index in [-0.39, 0.29) is 0 Å². The van der Waals surface area contributed by atoms with E-state index >= 15 is 0 Å². The lowest BCUT2D eigenvalue weighted by molar-refractivity contribution is 0.419. The lowest BCUT2D eigenvalue weighted by Gasteiger charge is -2.33. The number of pyridine rings is 1. The molecule has 0 saturated carbocycles. The molecule has 4 heterocycles. The Bertz CT molecular complexity index is 937. The average molecular weight is 346 g/mol. The molecule has 0 amide bonds. The van der Waals surface area contributed by atoms with E-state index in [0.717, 1.165) is 54.1 Å². The molecule has 0 aromatic carbocycles. The van der Waals surface area contributed by atoms with Crippen molar-refractivity contribution in [1.82, 2.24) is 19.9 Å². The van der Waals surface area contributed by atoms with Gasteiger partial charge in [-0.05, 0) is 44.0 Å². The van der Waals surface area contributed by atoms with Crippen LogP contribution in [0.1, 0.15) is 29.7 Å². The largest absolute Gasteiger partial charge is 0.354 e. The molecule has 1 saturated heterocycles. The summed E-state index contributed by atoms with van der Waals surface area (Å²) >= 11 is 0. The second-order valence-corrected chi connectivity index (χ2v) is 6.83. The maximum atomic E-state index is 9.54. The third-order valence-electron chi connectivity index (χ3n) is 4.98. The van der Waals surface area contributed by atoms with E-state index in [4.69, 9.17) is 0 Å². The third kappa shape index (κ3) is 3.26. The van der Waals surface area contributed by atoms with Gasteiger partial charge >= 0.3 is 0 Å². The van der Waals surface area contributed by atoms with Crippen molar-refractivity contribution in [2.45, 2.75) is 32.4 Å². The van der Waals surface area contributed by atoms with Crippen LogP contribution >= 0.6 is 0 Å². The van der Waals surface area contributed by atoms with Crippen LogP contribution in [0.3, 0.4) is 0 Å². The highest BCUT2D eigenvalue weighted by atomic mass is 15.3. The molecule has 1 aliphatic heterocycles. The van der Waals surface area contributed by atoms with Gasteiger partial charge in [-0.3, -0.25) is 0 Å². The summed E-state index contributed by atoms with van der Waals surface area (Å²) in [6.45, 7) is 4.57. The molecule has 26 heavy (non-hydrogen) atoms. The predicted octanol–water partition coefficient (Wildman–Crippen LogP) is 2.67. The Balaban J connectivity index is 1.45. The van der Waals surface area contributed by atoms with Crippen molar-refractivity contribution < 1.29 is 0 Å². The Labute approximate surface area is 153 Å². The van der Waals surface area contributed by atoms with Gasteiger partial charge in [0.15, 0.2) is 5.82 Å². The number of aryl methyl sites for hydroxylation is 1. The molecule has 0 spiro atoms. The average Bonchev–Trinajstić information content (AvgIpc) is 3.04. The van der Waals surface area contributed by atoms with Crippen molar-refractivity contribution in [1.29, 1.82) is 5.26 Å². The Morgan fingerprint density at radius 1 is 1.27 bits per heavy atom. The number of nitrogens with one attached hydrogen (secondary N) is 1. The van der Waals surface area contributed by atoms with Crippen LogP contribution in [0.4, 0.5) is 5.82 Å². The SMILES string of the molecule is Cc1ccc(N2CCC[C@H](NCc3cn4ccccc4c3C#N)C2)nn1. The molecule has 6 heteroatoms. The molecule has 1 aliphatic rings. The second kappa shape index (κ2) is 7.14. The number of nitrogens with zero attached hydrogens (tertiary/aromatic N) is 5. The number of rotatable bonds is 4. The quantitative estimate of drug-likeness (QED) is 0.786. The molecule has 1 N–H and O–H groups in total. The standard InChI is InChI=1S/C20H22N6/c1-15-7-8-20(24-23-15)26-10-4-5-17(14-26)22-12-16-13-25-9-3-2-6-19(25)18(16)11-21/h2-3,6-9,13,17,22H,4-5,10,12,14H2,1H3/t17-/m0/s1. The molecule has 132 valence electrons. The molecule has 0 unspecified atom stereocenters. The van der Waals surface area contributed by atoms with E-state index in [2.05, 4.69) is 26.5 Å². The zero-order valence-electron chi connectivity index (χ0n) is 14.9. The first-order chi connectivity index (χ1) is 12.7. The van der Waals surface area contributed by atoms with Gasteiger partial charge in [-0.1, -0.05) is 6.07 Å². The number of fused-ring (bicyclic) bond motifs is 1. The molecule has 6 nitrogen and oxygen atoms in total. The molecule has 4 rings (SSSR count). The van der Waals surface area contributed by atoms with Crippen LogP contribution in [0.25, 0.3) is 5.52 Å². The first-order valence-corrected chi connectivity index (χ1v) is 9.02. The number of piperidine rings is 1. The second-order valence-electron chi connectivity index (χ2n) is 6.83. The molecule has 3 aromatic heterocycles. The summed E-state index contributed by atoms with van der Waals surface area (Å²) < 4.78 is 2.02. The molecule has 0 radical (unpaired) electrons. The van der Waals surface area contributed by atoms with Crippen LogP contribution in [-0.4, -0.2) is 33.7 Å². The van der Waals surface area contributed by atoms with Crippen molar-refractivity contribution in [3.8, 4) is 6.07 Å². The normalized spacial score (nSPS) is 17.4. The maximum Gasteiger partial charge on any atom is 0.151 e. The van der Waals surface area contributed by atoms with Gasteiger partial charge in [-0.25, -0.2) is 0 Å². The molecule has 0 aliphatic carbocycles. The molecule has 1 fully saturated rings. The van der Waals surface area contributed by atoms with E-state index in [1.54, 1.807) is 0 Å². The lowest BCUT2D eigenvalue weighted by Crippen LogP contribution is -2.45. The van der Waals surface area contributed by atoms with Crippen LogP contribution in [0.2, 0.25) is 0 Å². The number of hydrogen-bond donors (Lipinski definition) is 1. The van der Waals surface area contributed by atoms with Crippen LogP contribution in [0.15, 0.2) is 42.7 Å². The lowest BCUT2D eigenvalue weighted by atomic mass is 10.0. The van der Waals surface area contributed by atoms with Gasteiger partial charge < -0.3 is 14.6 Å².